The number of sulfonamides is 1. The lowest BCUT2D eigenvalue weighted by Crippen LogP contribution is -2.42. The predicted molar refractivity (Wildman–Crippen MR) is 110 cm³/mol. The zero-order valence-corrected chi connectivity index (χ0v) is 17.6. The van der Waals surface area contributed by atoms with E-state index in [1.807, 2.05) is 25.9 Å². The Labute approximate surface area is 171 Å². The van der Waals surface area contributed by atoms with Gasteiger partial charge in [0.1, 0.15) is 18.1 Å². The van der Waals surface area contributed by atoms with Crippen LogP contribution in [0.3, 0.4) is 0 Å². The number of hydrogen-bond acceptors (Lipinski definition) is 5. The maximum atomic E-state index is 13.2. The number of ether oxygens (including phenoxy) is 1. The van der Waals surface area contributed by atoms with Crippen LogP contribution in [0.1, 0.15) is 6.92 Å². The highest BCUT2D eigenvalue weighted by Crippen LogP contribution is 2.26. The van der Waals surface area contributed by atoms with Crippen molar-refractivity contribution in [1.82, 2.24) is 10.2 Å². The summed E-state index contributed by atoms with van der Waals surface area (Å²) in [5, 5.41) is 2.71. The summed E-state index contributed by atoms with van der Waals surface area (Å²) in [5.41, 5.74) is 0.306. The van der Waals surface area contributed by atoms with Crippen molar-refractivity contribution in [2.45, 2.75) is 11.8 Å². The van der Waals surface area contributed by atoms with Crippen molar-refractivity contribution in [3.05, 3.63) is 54.3 Å². The molecule has 9 heteroatoms. The van der Waals surface area contributed by atoms with Crippen molar-refractivity contribution < 1.29 is 22.3 Å². The van der Waals surface area contributed by atoms with Gasteiger partial charge < -0.3 is 15.0 Å². The number of carbonyl (C=O) groups excluding carboxylic acids is 1. The van der Waals surface area contributed by atoms with Gasteiger partial charge >= 0.3 is 0 Å². The van der Waals surface area contributed by atoms with Gasteiger partial charge in [-0.1, -0.05) is 0 Å². The first-order valence-corrected chi connectivity index (χ1v) is 10.6. The van der Waals surface area contributed by atoms with Gasteiger partial charge in [0.05, 0.1) is 17.2 Å². The van der Waals surface area contributed by atoms with Crippen LogP contribution in [0.25, 0.3) is 0 Å². The number of anilines is 1. The van der Waals surface area contributed by atoms with Gasteiger partial charge in [0.25, 0.3) is 10.0 Å². The van der Waals surface area contributed by atoms with Gasteiger partial charge in [0, 0.05) is 13.1 Å². The SMILES string of the molecule is CCOc1ccc(N(CC(=O)NCCN(C)C)S(=O)(=O)c2ccc(F)cc2)cc1. The Morgan fingerprint density at radius 1 is 1.07 bits per heavy atom. The Morgan fingerprint density at radius 2 is 1.69 bits per heavy atom. The third-order valence-corrected chi connectivity index (χ3v) is 5.79. The molecule has 2 rings (SSSR count). The van der Waals surface area contributed by atoms with E-state index in [1.165, 1.54) is 12.1 Å². The standard InChI is InChI=1S/C20H26FN3O4S/c1-4-28-18-9-7-17(8-10-18)24(15-20(25)22-13-14-23(2)3)29(26,27)19-11-5-16(21)6-12-19/h5-12H,4,13-15H2,1-3H3,(H,22,25). The van der Waals surface area contributed by atoms with Crippen LogP contribution in [0.4, 0.5) is 10.1 Å². The average molecular weight is 424 g/mol. The fourth-order valence-corrected chi connectivity index (χ4v) is 3.95. The van der Waals surface area contributed by atoms with E-state index in [9.17, 15) is 17.6 Å². The van der Waals surface area contributed by atoms with E-state index < -0.39 is 28.3 Å². The fraction of sp³-hybridized carbons (Fsp3) is 0.350. The fourth-order valence-electron chi connectivity index (χ4n) is 2.53. The molecule has 1 amide bonds. The van der Waals surface area contributed by atoms with Crippen molar-refractivity contribution in [3.63, 3.8) is 0 Å². The van der Waals surface area contributed by atoms with Crippen molar-refractivity contribution >= 4 is 21.6 Å². The summed E-state index contributed by atoms with van der Waals surface area (Å²) in [4.78, 5) is 14.2. The second kappa shape index (κ2) is 10.2. The molecular weight excluding hydrogens is 397 g/mol. The van der Waals surface area contributed by atoms with Crippen molar-refractivity contribution in [2.24, 2.45) is 0 Å². The number of rotatable bonds is 10. The minimum Gasteiger partial charge on any atom is -0.494 e. The molecule has 0 unspecified atom stereocenters. The van der Waals surface area contributed by atoms with Gasteiger partial charge in [-0.05, 0) is 69.6 Å². The minimum absolute atomic E-state index is 0.103. The molecule has 0 fully saturated rings. The number of halogens is 1. The van der Waals surface area contributed by atoms with Crippen molar-refractivity contribution in [2.75, 3.05) is 44.6 Å². The topological polar surface area (TPSA) is 79.0 Å². The van der Waals surface area contributed by atoms with Crippen LogP contribution in [-0.4, -0.2) is 59.6 Å². The quantitative estimate of drug-likeness (QED) is 0.633. The normalized spacial score (nSPS) is 11.3. The molecule has 7 nitrogen and oxygen atoms in total. The minimum atomic E-state index is -4.08. The lowest BCUT2D eigenvalue weighted by molar-refractivity contribution is -0.119. The highest BCUT2D eigenvalue weighted by atomic mass is 32.2. The lowest BCUT2D eigenvalue weighted by Gasteiger charge is -2.24. The molecule has 1 N–H and O–H groups in total. The number of nitrogens with zero attached hydrogens (tertiary/aromatic N) is 2. The zero-order valence-electron chi connectivity index (χ0n) is 16.8. The summed E-state index contributed by atoms with van der Waals surface area (Å²) in [6.07, 6.45) is 0. The van der Waals surface area contributed by atoms with Gasteiger partial charge in [0.15, 0.2) is 0 Å². The van der Waals surface area contributed by atoms with Crippen LogP contribution in [0.2, 0.25) is 0 Å². The number of carbonyl (C=O) groups is 1. The highest BCUT2D eigenvalue weighted by molar-refractivity contribution is 7.92. The maximum absolute atomic E-state index is 13.2. The Morgan fingerprint density at radius 3 is 2.24 bits per heavy atom. The Bertz CT molecular complexity index is 900. The second-order valence-electron chi connectivity index (χ2n) is 6.55. The van der Waals surface area contributed by atoms with E-state index in [0.29, 0.717) is 31.1 Å². The maximum Gasteiger partial charge on any atom is 0.264 e. The van der Waals surface area contributed by atoms with Crippen molar-refractivity contribution in [3.8, 4) is 5.75 Å². The van der Waals surface area contributed by atoms with E-state index in [4.69, 9.17) is 4.74 Å². The Hall–Kier alpha value is -2.65. The molecule has 0 spiro atoms. The summed E-state index contributed by atoms with van der Waals surface area (Å²) in [5.74, 6) is -0.393. The molecule has 0 saturated heterocycles. The molecule has 0 aliphatic carbocycles. The second-order valence-corrected chi connectivity index (χ2v) is 8.41. The monoisotopic (exact) mass is 423 g/mol. The molecule has 0 atom stereocenters. The summed E-state index contributed by atoms with van der Waals surface area (Å²) >= 11 is 0. The van der Waals surface area contributed by atoms with E-state index in [1.54, 1.807) is 24.3 Å². The zero-order chi connectivity index (χ0) is 21.4. The van der Waals surface area contributed by atoms with Gasteiger partial charge in [-0.2, -0.15) is 0 Å². The van der Waals surface area contributed by atoms with Crippen LogP contribution in [0.15, 0.2) is 53.4 Å². The van der Waals surface area contributed by atoms with Crippen LogP contribution in [0.5, 0.6) is 5.75 Å². The summed E-state index contributed by atoms with van der Waals surface area (Å²) in [7, 11) is -0.333. The molecule has 0 aromatic heterocycles. The summed E-state index contributed by atoms with van der Waals surface area (Å²) in [6.45, 7) is 2.93. The van der Waals surface area contributed by atoms with E-state index in [-0.39, 0.29) is 4.90 Å². The third-order valence-electron chi connectivity index (χ3n) is 4.01. The summed E-state index contributed by atoms with van der Waals surface area (Å²) in [6, 6.07) is 10.9. The predicted octanol–water partition coefficient (Wildman–Crippen LogP) is 2.10. The first-order chi connectivity index (χ1) is 13.7. The molecule has 2 aromatic rings. The van der Waals surface area contributed by atoms with E-state index in [2.05, 4.69) is 5.32 Å². The molecule has 0 aliphatic heterocycles. The molecule has 29 heavy (non-hydrogen) atoms. The smallest absolute Gasteiger partial charge is 0.264 e. The van der Waals surface area contributed by atoms with Gasteiger partial charge in [0.2, 0.25) is 5.91 Å². The largest absolute Gasteiger partial charge is 0.494 e. The molecule has 0 bridgehead atoms. The molecule has 0 radical (unpaired) electrons. The van der Waals surface area contributed by atoms with Gasteiger partial charge in [-0.3, -0.25) is 9.10 Å². The molecule has 0 aliphatic rings. The van der Waals surface area contributed by atoms with Crippen LogP contribution in [-0.2, 0) is 14.8 Å². The molecule has 0 heterocycles. The van der Waals surface area contributed by atoms with Gasteiger partial charge in [-0.15, -0.1) is 0 Å². The molecule has 0 saturated carbocycles. The number of benzene rings is 2. The van der Waals surface area contributed by atoms with Crippen molar-refractivity contribution in [1.29, 1.82) is 0 Å². The van der Waals surface area contributed by atoms with Gasteiger partial charge in [-0.25, -0.2) is 12.8 Å². The number of hydrogen-bond donors (Lipinski definition) is 1. The summed E-state index contributed by atoms with van der Waals surface area (Å²) < 4.78 is 45.9. The first-order valence-electron chi connectivity index (χ1n) is 9.16. The molecule has 158 valence electrons. The van der Waals surface area contributed by atoms with Crippen LogP contribution >= 0.6 is 0 Å². The first kappa shape index (κ1) is 22.6. The molecule has 2 aromatic carbocycles. The average Bonchev–Trinajstić information content (AvgIpc) is 2.67. The van der Waals surface area contributed by atoms with E-state index in [0.717, 1.165) is 16.4 Å². The lowest BCUT2D eigenvalue weighted by atomic mass is 10.3. The number of amides is 1. The van der Waals surface area contributed by atoms with E-state index >= 15 is 0 Å². The molecular formula is C20H26FN3O4S. The number of nitrogens with one attached hydrogen (secondary N) is 1. The van der Waals surface area contributed by atoms with Crippen LogP contribution in [0, 0.1) is 5.82 Å². The third kappa shape index (κ3) is 6.43. The van der Waals surface area contributed by atoms with Crippen LogP contribution < -0.4 is 14.4 Å². The Balaban J connectivity index is 2.31. The highest BCUT2D eigenvalue weighted by Gasteiger charge is 2.27. The Kier molecular flexibility index (Phi) is 7.98. The number of likely N-dealkylation sites (N-methyl/N-ethyl adjacent to an activating group) is 1.